The van der Waals surface area contributed by atoms with Gasteiger partial charge in [0.15, 0.2) is 0 Å². The van der Waals surface area contributed by atoms with Crippen molar-refractivity contribution in [1.29, 1.82) is 0 Å². The molecule has 1 unspecified atom stereocenters. The number of rotatable bonds is 4. The van der Waals surface area contributed by atoms with E-state index in [0.29, 0.717) is 24.7 Å². The van der Waals surface area contributed by atoms with Crippen molar-refractivity contribution < 1.29 is 13.9 Å². The lowest BCUT2D eigenvalue weighted by molar-refractivity contribution is -0.0166. The van der Waals surface area contributed by atoms with Crippen LogP contribution in [0.15, 0.2) is 41.1 Å². The molecule has 2 heterocycles. The van der Waals surface area contributed by atoms with Crippen molar-refractivity contribution in [3.8, 4) is 11.5 Å². The van der Waals surface area contributed by atoms with Crippen LogP contribution in [-0.2, 0) is 4.74 Å². The Balaban J connectivity index is 1.52. The van der Waals surface area contributed by atoms with Gasteiger partial charge in [0.2, 0.25) is 5.89 Å². The maximum absolute atomic E-state index is 12.0. The van der Waals surface area contributed by atoms with Crippen LogP contribution in [0.2, 0.25) is 0 Å². The molecule has 0 aliphatic carbocycles. The zero-order valence-corrected chi connectivity index (χ0v) is 13.0. The van der Waals surface area contributed by atoms with Gasteiger partial charge in [-0.15, -0.1) is 0 Å². The van der Waals surface area contributed by atoms with Gasteiger partial charge in [0.25, 0.3) is 0 Å². The van der Waals surface area contributed by atoms with Crippen molar-refractivity contribution in [1.82, 2.24) is 15.2 Å². The van der Waals surface area contributed by atoms with E-state index < -0.39 is 0 Å². The normalized spacial score (nSPS) is 18.6. The summed E-state index contributed by atoms with van der Waals surface area (Å²) in [5.41, 5.74) is 1.49. The quantitative estimate of drug-likeness (QED) is 0.899. The summed E-state index contributed by atoms with van der Waals surface area (Å²) >= 11 is 0. The Bertz CT molecular complexity index is 645. The van der Waals surface area contributed by atoms with Crippen molar-refractivity contribution in [3.05, 3.63) is 36.7 Å². The number of hydrogen-bond donors (Lipinski definition) is 2. The molecule has 3 rings (SSSR count). The largest absolute Gasteiger partial charge is 0.445 e. The van der Waals surface area contributed by atoms with Gasteiger partial charge in [0, 0.05) is 30.9 Å². The van der Waals surface area contributed by atoms with Crippen LogP contribution < -0.4 is 10.6 Å². The van der Waals surface area contributed by atoms with Crippen molar-refractivity contribution >= 4 is 11.7 Å². The number of urea groups is 1. The average Bonchev–Trinajstić information content (AvgIpc) is 3.08. The molecule has 1 aliphatic heterocycles. The van der Waals surface area contributed by atoms with Crippen molar-refractivity contribution in [2.75, 3.05) is 38.6 Å². The second-order valence-electron chi connectivity index (χ2n) is 5.51. The summed E-state index contributed by atoms with van der Waals surface area (Å²) in [6.07, 6.45) is 3.13. The molecule has 0 bridgehead atoms. The molecule has 2 aromatic rings. The number of oxazole rings is 1. The van der Waals surface area contributed by atoms with E-state index in [2.05, 4.69) is 20.5 Å². The fraction of sp³-hybridized carbons (Fsp3) is 0.375. The molecule has 1 aliphatic rings. The molecule has 0 radical (unpaired) electrons. The molecule has 7 nitrogen and oxygen atoms in total. The Kier molecular flexibility index (Phi) is 4.89. The maximum Gasteiger partial charge on any atom is 0.319 e. The fourth-order valence-electron chi connectivity index (χ4n) is 2.47. The van der Waals surface area contributed by atoms with Gasteiger partial charge in [-0.25, -0.2) is 9.78 Å². The van der Waals surface area contributed by atoms with Crippen LogP contribution in [0.3, 0.4) is 0 Å². The Labute approximate surface area is 134 Å². The minimum absolute atomic E-state index is 0.0261. The van der Waals surface area contributed by atoms with E-state index in [1.807, 2.05) is 31.3 Å². The van der Waals surface area contributed by atoms with E-state index >= 15 is 0 Å². The number of ether oxygens (including phenoxy) is 1. The van der Waals surface area contributed by atoms with E-state index in [9.17, 15) is 4.79 Å². The lowest BCUT2D eigenvalue weighted by Crippen LogP contribution is -2.46. The number of carbonyl (C=O) groups is 1. The highest BCUT2D eigenvalue weighted by Gasteiger charge is 2.18. The Morgan fingerprint density at radius 2 is 2.39 bits per heavy atom. The molecule has 1 saturated heterocycles. The minimum atomic E-state index is -0.258. The first-order valence-electron chi connectivity index (χ1n) is 7.55. The molecular formula is C16H20N4O3. The summed E-state index contributed by atoms with van der Waals surface area (Å²) in [6.45, 7) is 2.93. The average molecular weight is 316 g/mol. The summed E-state index contributed by atoms with van der Waals surface area (Å²) < 4.78 is 10.9. The molecule has 1 aromatic carbocycles. The maximum atomic E-state index is 12.0. The number of morpholine rings is 1. The molecule has 23 heavy (non-hydrogen) atoms. The van der Waals surface area contributed by atoms with Gasteiger partial charge < -0.3 is 24.7 Å². The second-order valence-corrected chi connectivity index (χ2v) is 5.51. The number of anilines is 1. The van der Waals surface area contributed by atoms with Crippen LogP contribution >= 0.6 is 0 Å². The van der Waals surface area contributed by atoms with Crippen LogP contribution in [0, 0.1) is 0 Å². The number of nitrogens with one attached hydrogen (secondary N) is 2. The van der Waals surface area contributed by atoms with Crippen LogP contribution in [0.1, 0.15) is 0 Å². The van der Waals surface area contributed by atoms with Gasteiger partial charge in [0.05, 0.1) is 18.9 Å². The highest BCUT2D eigenvalue weighted by Crippen LogP contribution is 2.20. The van der Waals surface area contributed by atoms with E-state index in [1.54, 1.807) is 6.20 Å². The zero-order chi connectivity index (χ0) is 16.1. The number of carbonyl (C=O) groups excluding carboxylic acids is 1. The number of hydrogen-bond acceptors (Lipinski definition) is 5. The van der Waals surface area contributed by atoms with Gasteiger partial charge in [-0.3, -0.25) is 0 Å². The predicted octanol–water partition coefficient (Wildman–Crippen LogP) is 1.79. The lowest BCUT2D eigenvalue weighted by atomic mass is 10.2. The minimum Gasteiger partial charge on any atom is -0.445 e. The second kappa shape index (κ2) is 7.26. The molecule has 1 fully saturated rings. The highest BCUT2D eigenvalue weighted by molar-refractivity contribution is 5.89. The lowest BCUT2D eigenvalue weighted by Gasteiger charge is -2.30. The smallest absolute Gasteiger partial charge is 0.319 e. The molecule has 0 spiro atoms. The number of aromatic nitrogens is 1. The molecular weight excluding hydrogens is 296 g/mol. The van der Waals surface area contributed by atoms with E-state index in [4.69, 9.17) is 9.15 Å². The summed E-state index contributed by atoms with van der Waals surface area (Å²) in [5.74, 6) is 0.521. The molecule has 7 heteroatoms. The van der Waals surface area contributed by atoms with Gasteiger partial charge in [-0.05, 0) is 25.2 Å². The SMILES string of the molecule is CN1CCOC(CNC(=O)Nc2cccc(-c3ncco3)c2)C1. The van der Waals surface area contributed by atoms with Gasteiger partial charge in [-0.1, -0.05) is 6.07 Å². The number of amides is 2. The summed E-state index contributed by atoms with van der Waals surface area (Å²) in [5, 5.41) is 5.64. The van der Waals surface area contributed by atoms with E-state index in [-0.39, 0.29) is 12.1 Å². The van der Waals surface area contributed by atoms with Gasteiger partial charge >= 0.3 is 6.03 Å². The number of likely N-dealkylation sites (N-methyl/N-ethyl adjacent to an activating group) is 1. The Hall–Kier alpha value is -2.38. The first-order valence-corrected chi connectivity index (χ1v) is 7.55. The Morgan fingerprint density at radius 3 is 3.17 bits per heavy atom. The van der Waals surface area contributed by atoms with E-state index in [1.165, 1.54) is 6.26 Å². The third-order valence-electron chi connectivity index (χ3n) is 3.63. The topological polar surface area (TPSA) is 79.6 Å². The molecule has 1 atom stereocenters. The number of nitrogens with zero attached hydrogens (tertiary/aromatic N) is 2. The molecule has 0 saturated carbocycles. The third-order valence-corrected chi connectivity index (χ3v) is 3.63. The molecule has 1 aromatic heterocycles. The molecule has 2 amide bonds. The summed E-state index contributed by atoms with van der Waals surface area (Å²) in [6, 6.07) is 7.09. The van der Waals surface area contributed by atoms with Crippen LogP contribution in [0.5, 0.6) is 0 Å². The monoisotopic (exact) mass is 316 g/mol. The zero-order valence-electron chi connectivity index (χ0n) is 13.0. The van der Waals surface area contributed by atoms with Gasteiger partial charge in [0.1, 0.15) is 6.26 Å². The van der Waals surface area contributed by atoms with Crippen molar-refractivity contribution in [3.63, 3.8) is 0 Å². The number of benzene rings is 1. The first kappa shape index (κ1) is 15.5. The van der Waals surface area contributed by atoms with Crippen molar-refractivity contribution in [2.45, 2.75) is 6.10 Å². The summed E-state index contributed by atoms with van der Waals surface area (Å²) in [7, 11) is 2.05. The Morgan fingerprint density at radius 1 is 1.48 bits per heavy atom. The standard InChI is InChI=1S/C16H20N4O3/c1-20-6-8-22-14(11-20)10-18-16(21)19-13-4-2-3-12(9-13)15-17-5-7-23-15/h2-5,7,9,14H,6,8,10-11H2,1H3,(H2,18,19,21). The van der Waals surface area contributed by atoms with Crippen LogP contribution in [0.4, 0.5) is 10.5 Å². The van der Waals surface area contributed by atoms with Gasteiger partial charge in [-0.2, -0.15) is 0 Å². The molecule has 122 valence electrons. The fourth-order valence-corrected chi connectivity index (χ4v) is 2.47. The highest BCUT2D eigenvalue weighted by atomic mass is 16.5. The van der Waals surface area contributed by atoms with E-state index in [0.717, 1.165) is 18.7 Å². The third kappa shape index (κ3) is 4.30. The predicted molar refractivity (Wildman–Crippen MR) is 86.2 cm³/mol. The van der Waals surface area contributed by atoms with Crippen LogP contribution in [0.25, 0.3) is 11.5 Å². The van der Waals surface area contributed by atoms with Crippen LogP contribution in [-0.4, -0.2) is 55.3 Å². The first-order chi connectivity index (χ1) is 11.2. The summed E-state index contributed by atoms with van der Waals surface area (Å²) in [4.78, 5) is 18.3. The molecule has 2 N–H and O–H groups in total. The van der Waals surface area contributed by atoms with Crippen molar-refractivity contribution in [2.24, 2.45) is 0 Å².